The van der Waals surface area contributed by atoms with Crippen LogP contribution in [0.1, 0.15) is 6.92 Å². The Labute approximate surface area is 74.3 Å². The molecule has 0 aromatic rings. The second kappa shape index (κ2) is 4.93. The Morgan fingerprint density at radius 3 is 2.18 bits per heavy atom. The summed E-state index contributed by atoms with van der Waals surface area (Å²) >= 11 is 3.01. The van der Waals surface area contributed by atoms with Gasteiger partial charge in [0.1, 0.15) is 5.76 Å². The lowest BCUT2D eigenvalue weighted by molar-refractivity contribution is 0.184. The molecule has 0 fully saturated rings. The Kier molecular flexibility index (Phi) is 5.01. The second-order valence-electron chi connectivity index (χ2n) is 1.62. The van der Waals surface area contributed by atoms with Crippen molar-refractivity contribution in [1.29, 1.82) is 0 Å². The standard InChI is InChI=1S/C5H10BrO4P/c1-5(4-6)10-11(7,8-2)9-3/h4H,1-3H3. The van der Waals surface area contributed by atoms with Crippen LogP contribution in [0.3, 0.4) is 0 Å². The number of rotatable bonds is 4. The van der Waals surface area contributed by atoms with E-state index in [1.165, 1.54) is 19.2 Å². The second-order valence-corrected chi connectivity index (χ2v) is 3.89. The average Bonchev–Trinajstić information content (AvgIpc) is 2.04. The molecule has 0 aliphatic carbocycles. The molecule has 11 heavy (non-hydrogen) atoms. The average molecular weight is 245 g/mol. The molecule has 0 saturated carbocycles. The molecule has 66 valence electrons. The maximum Gasteiger partial charge on any atom is 0.529 e. The van der Waals surface area contributed by atoms with E-state index in [0.29, 0.717) is 5.76 Å². The van der Waals surface area contributed by atoms with Crippen molar-refractivity contribution in [3.8, 4) is 0 Å². The highest BCUT2D eigenvalue weighted by atomic mass is 79.9. The monoisotopic (exact) mass is 244 g/mol. The molecule has 0 saturated heterocycles. The van der Waals surface area contributed by atoms with Gasteiger partial charge in [0, 0.05) is 19.2 Å². The summed E-state index contributed by atoms with van der Waals surface area (Å²) in [4.78, 5) is 1.48. The molecule has 0 radical (unpaired) electrons. The van der Waals surface area contributed by atoms with Crippen molar-refractivity contribution in [2.75, 3.05) is 14.2 Å². The third-order valence-electron chi connectivity index (χ3n) is 0.857. The van der Waals surface area contributed by atoms with Gasteiger partial charge in [0.25, 0.3) is 0 Å². The minimum atomic E-state index is -3.35. The summed E-state index contributed by atoms with van der Waals surface area (Å²) < 4.78 is 25.0. The number of phosphoric ester groups is 1. The summed E-state index contributed by atoms with van der Waals surface area (Å²) in [6.07, 6.45) is 0. The predicted octanol–water partition coefficient (Wildman–Crippen LogP) is 2.66. The summed E-state index contributed by atoms with van der Waals surface area (Å²) in [5.74, 6) is 0.428. The van der Waals surface area contributed by atoms with Crippen LogP contribution in [0.2, 0.25) is 0 Å². The van der Waals surface area contributed by atoms with Crippen molar-refractivity contribution in [2.24, 2.45) is 0 Å². The van der Waals surface area contributed by atoms with E-state index in [1.54, 1.807) is 6.92 Å². The van der Waals surface area contributed by atoms with E-state index in [9.17, 15) is 4.57 Å². The zero-order valence-electron chi connectivity index (χ0n) is 6.54. The largest absolute Gasteiger partial charge is 0.529 e. The molecule has 0 aromatic carbocycles. The van der Waals surface area contributed by atoms with Gasteiger partial charge in [0.15, 0.2) is 0 Å². The van der Waals surface area contributed by atoms with Crippen LogP contribution >= 0.6 is 23.8 Å². The van der Waals surface area contributed by atoms with E-state index >= 15 is 0 Å². The van der Waals surface area contributed by atoms with Crippen molar-refractivity contribution >= 4 is 23.8 Å². The van der Waals surface area contributed by atoms with Crippen LogP contribution in [0.25, 0.3) is 0 Å². The van der Waals surface area contributed by atoms with E-state index in [2.05, 4.69) is 25.0 Å². The number of hydrogen-bond donors (Lipinski definition) is 0. The van der Waals surface area contributed by atoms with Gasteiger partial charge in [0.05, 0.1) is 0 Å². The van der Waals surface area contributed by atoms with Crippen LogP contribution in [0.5, 0.6) is 0 Å². The van der Waals surface area contributed by atoms with Gasteiger partial charge in [-0.05, 0) is 6.92 Å². The van der Waals surface area contributed by atoms with Crippen LogP contribution in [0, 0.1) is 0 Å². The van der Waals surface area contributed by atoms with Gasteiger partial charge in [-0.3, -0.25) is 9.05 Å². The highest BCUT2D eigenvalue weighted by Crippen LogP contribution is 2.49. The molecule has 0 aromatic heterocycles. The van der Waals surface area contributed by atoms with Crippen molar-refractivity contribution in [2.45, 2.75) is 6.92 Å². The maximum atomic E-state index is 11.2. The Bertz CT molecular complexity index is 183. The van der Waals surface area contributed by atoms with Crippen LogP contribution in [-0.4, -0.2) is 14.2 Å². The predicted molar refractivity (Wildman–Crippen MR) is 45.4 cm³/mol. The van der Waals surface area contributed by atoms with Crippen LogP contribution in [0.15, 0.2) is 10.7 Å². The molecule has 0 aliphatic heterocycles. The van der Waals surface area contributed by atoms with E-state index in [4.69, 9.17) is 4.52 Å². The molecular weight excluding hydrogens is 235 g/mol. The van der Waals surface area contributed by atoms with Crippen LogP contribution in [-0.2, 0) is 18.1 Å². The van der Waals surface area contributed by atoms with Gasteiger partial charge in [-0.25, -0.2) is 4.57 Å². The van der Waals surface area contributed by atoms with Crippen LogP contribution in [0.4, 0.5) is 0 Å². The molecule has 6 heteroatoms. The minimum absolute atomic E-state index is 0.428. The summed E-state index contributed by atoms with van der Waals surface area (Å²) in [6.45, 7) is 1.62. The first-order valence-corrected chi connectivity index (χ1v) is 5.13. The molecule has 0 unspecified atom stereocenters. The zero-order chi connectivity index (χ0) is 8.91. The van der Waals surface area contributed by atoms with Gasteiger partial charge >= 0.3 is 7.82 Å². The lowest BCUT2D eigenvalue weighted by Gasteiger charge is -2.13. The van der Waals surface area contributed by atoms with Gasteiger partial charge in [-0.2, -0.15) is 0 Å². The molecule has 0 heterocycles. The smallest absolute Gasteiger partial charge is 0.408 e. The van der Waals surface area contributed by atoms with Gasteiger partial charge < -0.3 is 4.52 Å². The Morgan fingerprint density at radius 2 is 1.91 bits per heavy atom. The van der Waals surface area contributed by atoms with Crippen molar-refractivity contribution < 1.29 is 18.1 Å². The topological polar surface area (TPSA) is 44.8 Å². The summed E-state index contributed by atoms with van der Waals surface area (Å²) in [5.41, 5.74) is 0. The Balaban J connectivity index is 4.20. The fourth-order valence-corrected chi connectivity index (χ4v) is 1.29. The molecule has 0 bridgehead atoms. The molecule has 0 spiro atoms. The molecule has 0 amide bonds. The lowest BCUT2D eigenvalue weighted by Crippen LogP contribution is -1.92. The van der Waals surface area contributed by atoms with Gasteiger partial charge in [-0.15, -0.1) is 0 Å². The minimum Gasteiger partial charge on any atom is -0.408 e. The first kappa shape index (κ1) is 11.2. The highest BCUT2D eigenvalue weighted by Gasteiger charge is 2.23. The van der Waals surface area contributed by atoms with Crippen LogP contribution < -0.4 is 0 Å². The zero-order valence-corrected chi connectivity index (χ0v) is 9.02. The van der Waals surface area contributed by atoms with E-state index < -0.39 is 7.82 Å². The molecule has 4 nitrogen and oxygen atoms in total. The molecular formula is C5H10BrO4P. The number of allylic oxidation sites excluding steroid dienone is 1. The first-order chi connectivity index (χ1) is 5.08. The van der Waals surface area contributed by atoms with Crippen molar-refractivity contribution in [3.05, 3.63) is 10.7 Å². The van der Waals surface area contributed by atoms with E-state index in [-0.39, 0.29) is 0 Å². The number of halogens is 1. The molecule has 0 aliphatic rings. The lowest BCUT2D eigenvalue weighted by atomic mass is 10.7. The highest BCUT2D eigenvalue weighted by molar-refractivity contribution is 9.11. The summed E-state index contributed by atoms with van der Waals surface area (Å²) in [6, 6.07) is 0. The molecule has 0 atom stereocenters. The van der Waals surface area contributed by atoms with E-state index in [0.717, 1.165) is 0 Å². The fourth-order valence-electron chi connectivity index (χ4n) is 0.345. The Morgan fingerprint density at radius 1 is 1.45 bits per heavy atom. The third-order valence-corrected chi connectivity index (χ3v) is 2.91. The van der Waals surface area contributed by atoms with Crippen molar-refractivity contribution in [3.63, 3.8) is 0 Å². The summed E-state index contributed by atoms with van der Waals surface area (Å²) in [7, 11) is -0.841. The molecule has 0 N–H and O–H groups in total. The fraction of sp³-hybridized carbons (Fsp3) is 0.600. The SMILES string of the molecule is COP(=O)(OC)OC(C)=CBr. The summed E-state index contributed by atoms with van der Waals surface area (Å²) in [5, 5.41) is 0. The van der Waals surface area contributed by atoms with E-state index in [1.807, 2.05) is 0 Å². The normalized spacial score (nSPS) is 13.3. The number of hydrogen-bond acceptors (Lipinski definition) is 4. The van der Waals surface area contributed by atoms with Gasteiger partial charge in [0.2, 0.25) is 0 Å². The van der Waals surface area contributed by atoms with Gasteiger partial charge in [-0.1, -0.05) is 15.9 Å². The van der Waals surface area contributed by atoms with Crippen molar-refractivity contribution in [1.82, 2.24) is 0 Å². The Hall–Kier alpha value is 0.170. The molecule has 0 rings (SSSR count). The maximum absolute atomic E-state index is 11.2. The number of phosphoric acid groups is 1. The quantitative estimate of drug-likeness (QED) is 0.564. The third kappa shape index (κ3) is 3.91. The first-order valence-electron chi connectivity index (χ1n) is 2.76.